The Balaban J connectivity index is 2.04. The van der Waals surface area contributed by atoms with Crippen LogP contribution in [0, 0.1) is 0 Å². The molecule has 1 aromatic rings. The zero-order chi connectivity index (χ0) is 8.55. The smallest absolute Gasteiger partial charge is 0.119 e. The standard InChI is InChI=1S/C8H12N2OS/c1-11-3-8-10-7(4-12-8)5-2-6(5)9/h4-6H,2-3,9H2,1H3/t5-,6-/m1/s1. The lowest BCUT2D eigenvalue weighted by Crippen LogP contribution is -2.01. The molecule has 4 heteroatoms. The molecule has 1 fully saturated rings. The van der Waals surface area contributed by atoms with Crippen LogP contribution in [-0.2, 0) is 11.3 Å². The second kappa shape index (κ2) is 3.12. The summed E-state index contributed by atoms with van der Waals surface area (Å²) in [4.78, 5) is 4.43. The molecule has 1 aliphatic carbocycles. The van der Waals surface area contributed by atoms with Crippen LogP contribution in [0.25, 0.3) is 0 Å². The molecule has 0 radical (unpaired) electrons. The van der Waals surface area contributed by atoms with Crippen molar-refractivity contribution in [2.45, 2.75) is 25.0 Å². The number of rotatable bonds is 3. The third-order valence-electron chi connectivity index (χ3n) is 2.06. The van der Waals surface area contributed by atoms with Crippen LogP contribution in [0.15, 0.2) is 5.38 Å². The molecule has 0 saturated heterocycles. The summed E-state index contributed by atoms with van der Waals surface area (Å²) in [6, 6.07) is 0.350. The highest BCUT2D eigenvalue weighted by Gasteiger charge is 2.36. The first kappa shape index (κ1) is 8.16. The van der Waals surface area contributed by atoms with E-state index in [2.05, 4.69) is 10.4 Å². The van der Waals surface area contributed by atoms with E-state index in [0.717, 1.165) is 17.1 Å². The predicted molar refractivity (Wildman–Crippen MR) is 48.2 cm³/mol. The molecule has 0 spiro atoms. The minimum absolute atomic E-state index is 0.350. The molecule has 0 bridgehead atoms. The van der Waals surface area contributed by atoms with Crippen molar-refractivity contribution in [2.24, 2.45) is 5.73 Å². The molecular weight excluding hydrogens is 172 g/mol. The maximum Gasteiger partial charge on any atom is 0.119 e. The number of thiazole rings is 1. The summed E-state index contributed by atoms with van der Waals surface area (Å²) < 4.78 is 4.98. The minimum Gasteiger partial charge on any atom is -0.378 e. The normalized spacial score (nSPS) is 27.5. The Bertz CT molecular complexity index is 274. The van der Waals surface area contributed by atoms with E-state index in [9.17, 15) is 0 Å². The average Bonchev–Trinajstić information content (AvgIpc) is 2.62. The van der Waals surface area contributed by atoms with Crippen LogP contribution in [0.4, 0.5) is 0 Å². The summed E-state index contributed by atoms with van der Waals surface area (Å²) >= 11 is 1.65. The Kier molecular flexibility index (Phi) is 2.12. The fraction of sp³-hybridized carbons (Fsp3) is 0.625. The number of nitrogens with zero attached hydrogens (tertiary/aromatic N) is 1. The Morgan fingerprint density at radius 1 is 1.83 bits per heavy atom. The number of hydrogen-bond acceptors (Lipinski definition) is 4. The molecule has 0 aromatic carbocycles. The molecule has 2 atom stereocenters. The van der Waals surface area contributed by atoms with Gasteiger partial charge in [-0.25, -0.2) is 4.98 Å². The van der Waals surface area contributed by atoms with Crippen molar-refractivity contribution < 1.29 is 4.74 Å². The van der Waals surface area contributed by atoms with E-state index in [1.54, 1.807) is 18.4 Å². The van der Waals surface area contributed by atoms with Gasteiger partial charge >= 0.3 is 0 Å². The third kappa shape index (κ3) is 1.50. The van der Waals surface area contributed by atoms with Crippen LogP contribution in [-0.4, -0.2) is 18.1 Å². The van der Waals surface area contributed by atoms with Gasteiger partial charge in [-0.1, -0.05) is 0 Å². The molecule has 0 aliphatic heterocycles. The third-order valence-corrected chi connectivity index (χ3v) is 2.90. The zero-order valence-corrected chi connectivity index (χ0v) is 7.80. The molecular formula is C8H12N2OS. The lowest BCUT2D eigenvalue weighted by atomic mass is 10.3. The van der Waals surface area contributed by atoms with E-state index in [-0.39, 0.29) is 0 Å². The molecule has 2 N–H and O–H groups in total. The highest BCUT2D eigenvalue weighted by atomic mass is 32.1. The van der Waals surface area contributed by atoms with Crippen LogP contribution >= 0.6 is 11.3 Å². The van der Waals surface area contributed by atoms with Crippen LogP contribution in [0.5, 0.6) is 0 Å². The summed E-state index contributed by atoms with van der Waals surface area (Å²) in [6.07, 6.45) is 1.09. The second-order valence-corrected chi connectivity index (χ2v) is 4.05. The van der Waals surface area contributed by atoms with Crippen LogP contribution in [0.3, 0.4) is 0 Å². The SMILES string of the molecule is COCc1nc([C@@H]2C[C@H]2N)cs1. The van der Waals surface area contributed by atoms with Gasteiger partial charge in [-0.3, -0.25) is 0 Å². The number of hydrogen-bond donors (Lipinski definition) is 1. The van der Waals surface area contributed by atoms with E-state index >= 15 is 0 Å². The van der Waals surface area contributed by atoms with Gasteiger partial charge in [-0.05, 0) is 6.42 Å². The van der Waals surface area contributed by atoms with Crippen LogP contribution in [0.2, 0.25) is 0 Å². The molecule has 2 rings (SSSR count). The summed E-state index contributed by atoms with van der Waals surface area (Å²) in [5, 5.41) is 3.14. The molecule has 1 aliphatic rings. The zero-order valence-electron chi connectivity index (χ0n) is 6.99. The molecule has 1 heterocycles. The van der Waals surface area contributed by atoms with Gasteiger partial charge in [-0.2, -0.15) is 0 Å². The van der Waals surface area contributed by atoms with E-state index in [1.807, 2.05) is 0 Å². The van der Waals surface area contributed by atoms with Crippen molar-refractivity contribution in [1.82, 2.24) is 4.98 Å². The van der Waals surface area contributed by atoms with E-state index in [0.29, 0.717) is 18.6 Å². The van der Waals surface area contributed by atoms with Gasteiger partial charge in [0.25, 0.3) is 0 Å². The summed E-state index contributed by atoms with van der Waals surface area (Å²) in [5.41, 5.74) is 6.87. The highest BCUT2D eigenvalue weighted by molar-refractivity contribution is 7.09. The van der Waals surface area contributed by atoms with E-state index in [4.69, 9.17) is 10.5 Å². The fourth-order valence-electron chi connectivity index (χ4n) is 1.24. The van der Waals surface area contributed by atoms with Crippen LogP contribution < -0.4 is 5.73 Å². The monoisotopic (exact) mass is 184 g/mol. The first-order valence-electron chi connectivity index (χ1n) is 4.00. The van der Waals surface area contributed by atoms with Gasteiger partial charge in [0, 0.05) is 24.4 Å². The summed E-state index contributed by atoms with van der Waals surface area (Å²) in [6.45, 7) is 0.618. The van der Waals surface area contributed by atoms with Gasteiger partial charge in [0.15, 0.2) is 0 Å². The highest BCUT2D eigenvalue weighted by Crippen LogP contribution is 2.39. The Labute approximate surface area is 75.6 Å². The molecule has 1 aromatic heterocycles. The van der Waals surface area contributed by atoms with Crippen molar-refractivity contribution in [1.29, 1.82) is 0 Å². The van der Waals surface area contributed by atoms with Crippen LogP contribution in [0.1, 0.15) is 23.0 Å². The Morgan fingerprint density at radius 2 is 2.58 bits per heavy atom. The number of aromatic nitrogens is 1. The van der Waals surface area contributed by atoms with Gasteiger partial charge < -0.3 is 10.5 Å². The minimum atomic E-state index is 0.350. The number of nitrogens with two attached hydrogens (primary N) is 1. The predicted octanol–water partition coefficient (Wildman–Crippen LogP) is 1.10. The Hall–Kier alpha value is -0.450. The number of methoxy groups -OCH3 is 1. The molecule has 0 unspecified atom stereocenters. The van der Waals surface area contributed by atoms with Crippen molar-refractivity contribution in [2.75, 3.05) is 7.11 Å². The molecule has 12 heavy (non-hydrogen) atoms. The van der Waals surface area contributed by atoms with Gasteiger partial charge in [0.2, 0.25) is 0 Å². The fourth-order valence-corrected chi connectivity index (χ4v) is 2.07. The first-order chi connectivity index (χ1) is 5.81. The molecule has 1 saturated carbocycles. The van der Waals surface area contributed by atoms with Gasteiger partial charge in [0.1, 0.15) is 5.01 Å². The maximum absolute atomic E-state index is 5.72. The van der Waals surface area contributed by atoms with E-state index < -0.39 is 0 Å². The van der Waals surface area contributed by atoms with Gasteiger partial charge in [-0.15, -0.1) is 11.3 Å². The quantitative estimate of drug-likeness (QED) is 0.765. The second-order valence-electron chi connectivity index (χ2n) is 3.11. The summed E-state index contributed by atoms with van der Waals surface area (Å²) in [7, 11) is 1.68. The number of ether oxygens (including phenoxy) is 1. The van der Waals surface area contributed by atoms with Crippen molar-refractivity contribution in [3.8, 4) is 0 Å². The molecule has 3 nitrogen and oxygen atoms in total. The topological polar surface area (TPSA) is 48.1 Å². The maximum atomic E-state index is 5.72. The van der Waals surface area contributed by atoms with Crippen molar-refractivity contribution in [3.05, 3.63) is 16.1 Å². The molecule has 66 valence electrons. The first-order valence-corrected chi connectivity index (χ1v) is 4.88. The van der Waals surface area contributed by atoms with E-state index in [1.165, 1.54) is 0 Å². The van der Waals surface area contributed by atoms with Crippen molar-refractivity contribution >= 4 is 11.3 Å². The largest absolute Gasteiger partial charge is 0.378 e. The van der Waals surface area contributed by atoms with Gasteiger partial charge in [0.05, 0.1) is 12.3 Å². The lowest BCUT2D eigenvalue weighted by molar-refractivity contribution is 0.184. The summed E-state index contributed by atoms with van der Waals surface area (Å²) in [5.74, 6) is 0.520. The lowest BCUT2D eigenvalue weighted by Gasteiger charge is -1.91. The Morgan fingerprint density at radius 3 is 3.17 bits per heavy atom. The van der Waals surface area contributed by atoms with Crippen molar-refractivity contribution in [3.63, 3.8) is 0 Å². The average molecular weight is 184 g/mol. The molecule has 0 amide bonds.